The second kappa shape index (κ2) is 36.2. The topological polar surface area (TPSA) is 279 Å². The third-order valence-corrected chi connectivity index (χ3v) is 22.2. The molecule has 29 heteroatoms. The Bertz CT molecular complexity index is 3100. The molecule has 0 unspecified atom stereocenters. The van der Waals surface area contributed by atoms with E-state index in [1.807, 2.05) is 13.8 Å². The lowest BCUT2D eigenvalue weighted by atomic mass is 9.81. The normalized spacial score (nSPS) is 26.9. The van der Waals surface area contributed by atoms with Crippen molar-refractivity contribution in [3.05, 3.63) is 34.3 Å². The predicted octanol–water partition coefficient (Wildman–Crippen LogP) is 5.02. The summed E-state index contributed by atoms with van der Waals surface area (Å²) >= 11 is 6.16. The van der Waals surface area contributed by atoms with Gasteiger partial charge in [-0.25, -0.2) is 0 Å². The summed E-state index contributed by atoms with van der Waals surface area (Å²) < 4.78 is 47.2. The van der Waals surface area contributed by atoms with Crippen molar-refractivity contribution in [2.45, 2.75) is 222 Å². The lowest BCUT2D eigenvalue weighted by Gasteiger charge is -2.43. The average molecular weight is 1430 g/mol. The molecule has 3 N–H and O–H groups in total. The van der Waals surface area contributed by atoms with Gasteiger partial charge >= 0.3 is 6.18 Å². The molecule has 3 saturated heterocycles. The summed E-state index contributed by atoms with van der Waals surface area (Å²) in [6.07, 6.45) is 5.09. The number of benzene rings is 1. The first-order chi connectivity index (χ1) is 47.3. The molecule has 6 fully saturated rings. The highest BCUT2D eigenvalue weighted by Gasteiger charge is 2.51. The van der Waals surface area contributed by atoms with E-state index < -0.39 is 173 Å². The molecule has 0 bridgehead atoms. The van der Waals surface area contributed by atoms with Crippen molar-refractivity contribution in [1.82, 2.24) is 60.0 Å². The highest BCUT2D eigenvalue weighted by atomic mass is 35.5. The maximum atomic E-state index is 15.8. The SMILES string of the molecule is CCC[C@H]1C(=O)N[C@@H]([C@@H](C)CC)C(=O)N(C)CC(=O)N(C)CC(=O)N(C)[C@@H](CC2CCCCC2)C(=O)N(C)CC(=O)N[C@@H](CCc2ccc(C(F)(F)F)c(Cl)c2)C(=O)N2CCC[C@H]2C(=O)NC2(CCCC2)C(=O)N(C)[C@@H](C2CCCCC2)C(=O)N(C)[C@H](C(=O)N2CCOCC2)CC(=O)N1C. The summed E-state index contributed by atoms with van der Waals surface area (Å²) in [6.45, 7) is 4.45. The minimum atomic E-state index is -4.76. The molecular formula is C71H108ClF3N12O13. The van der Waals surface area contributed by atoms with E-state index >= 15 is 24.0 Å². The molecule has 25 nitrogen and oxygen atoms in total. The van der Waals surface area contributed by atoms with E-state index in [2.05, 4.69) is 16.0 Å². The van der Waals surface area contributed by atoms with Crippen molar-refractivity contribution in [2.24, 2.45) is 17.8 Å². The van der Waals surface area contributed by atoms with E-state index in [0.717, 1.165) is 78.2 Å². The first kappa shape index (κ1) is 80.2. The Labute approximate surface area is 591 Å². The Morgan fingerprint density at radius 1 is 0.640 bits per heavy atom. The smallest absolute Gasteiger partial charge is 0.378 e. The molecule has 6 aliphatic rings. The van der Waals surface area contributed by atoms with Gasteiger partial charge in [0.1, 0.15) is 47.8 Å². The fourth-order valence-electron chi connectivity index (χ4n) is 15.4. The number of aryl methyl sites for hydroxylation is 1. The van der Waals surface area contributed by atoms with Gasteiger partial charge < -0.3 is 64.8 Å². The van der Waals surface area contributed by atoms with E-state index in [1.165, 1.54) is 84.8 Å². The number of carbonyl (C=O) groups is 12. The molecule has 3 saturated carbocycles. The monoisotopic (exact) mass is 1430 g/mol. The van der Waals surface area contributed by atoms with Crippen LogP contribution in [0.2, 0.25) is 5.02 Å². The second-order valence-corrected chi connectivity index (χ2v) is 29.3. The third kappa shape index (κ3) is 19.9. The van der Waals surface area contributed by atoms with E-state index in [1.54, 1.807) is 6.92 Å². The molecule has 1 aromatic rings. The molecule has 1 aromatic carbocycles. The van der Waals surface area contributed by atoms with Gasteiger partial charge in [0.25, 0.3) is 0 Å². The highest BCUT2D eigenvalue weighted by Crippen LogP contribution is 2.38. The number of alkyl halides is 3. The van der Waals surface area contributed by atoms with Crippen LogP contribution in [0.25, 0.3) is 0 Å². The molecule has 558 valence electrons. The summed E-state index contributed by atoms with van der Waals surface area (Å²) in [7, 11) is 9.93. The van der Waals surface area contributed by atoms with Gasteiger partial charge in [-0.2, -0.15) is 13.2 Å². The van der Waals surface area contributed by atoms with E-state index in [-0.39, 0.29) is 83.7 Å². The van der Waals surface area contributed by atoms with Crippen molar-refractivity contribution < 1.29 is 75.4 Å². The largest absolute Gasteiger partial charge is 0.417 e. The molecule has 0 radical (unpaired) electrons. The van der Waals surface area contributed by atoms with Crippen molar-refractivity contribution in [3.63, 3.8) is 0 Å². The molecule has 3 aliphatic carbocycles. The van der Waals surface area contributed by atoms with Gasteiger partial charge in [0.05, 0.1) is 49.9 Å². The van der Waals surface area contributed by atoms with Crippen LogP contribution in [-0.4, -0.2) is 265 Å². The maximum absolute atomic E-state index is 15.8. The Hall–Kier alpha value is -7.10. The number of halogens is 4. The van der Waals surface area contributed by atoms with Crippen LogP contribution >= 0.6 is 11.6 Å². The Balaban J connectivity index is 1.28. The van der Waals surface area contributed by atoms with Crippen molar-refractivity contribution >= 4 is 82.5 Å². The van der Waals surface area contributed by atoms with Crippen LogP contribution in [0.15, 0.2) is 18.2 Å². The number of nitrogens with one attached hydrogen (secondary N) is 3. The lowest BCUT2D eigenvalue weighted by molar-refractivity contribution is -0.158. The number of hydrogen-bond acceptors (Lipinski definition) is 13. The number of morpholine rings is 1. The zero-order chi connectivity index (χ0) is 73.5. The Morgan fingerprint density at radius 2 is 1.25 bits per heavy atom. The van der Waals surface area contributed by atoms with Gasteiger partial charge in [-0.15, -0.1) is 0 Å². The fourth-order valence-corrected chi connectivity index (χ4v) is 15.7. The van der Waals surface area contributed by atoms with Crippen molar-refractivity contribution in [1.29, 1.82) is 0 Å². The zero-order valence-corrected chi connectivity index (χ0v) is 61.0. The fraction of sp³-hybridized carbons (Fsp3) is 0.746. The molecule has 3 aliphatic heterocycles. The van der Waals surface area contributed by atoms with Crippen LogP contribution in [0, 0.1) is 17.8 Å². The van der Waals surface area contributed by atoms with Gasteiger partial charge in [-0.1, -0.05) is 115 Å². The first-order valence-electron chi connectivity index (χ1n) is 36.1. The lowest BCUT2D eigenvalue weighted by Crippen LogP contribution is -2.65. The van der Waals surface area contributed by atoms with Crippen LogP contribution in [0.5, 0.6) is 0 Å². The Morgan fingerprint density at radius 3 is 1.86 bits per heavy atom. The molecular weight excluding hydrogens is 1320 g/mol. The molecule has 0 aromatic heterocycles. The van der Waals surface area contributed by atoms with E-state index in [9.17, 15) is 46.7 Å². The summed E-state index contributed by atoms with van der Waals surface area (Å²) in [5.74, 6) is -8.73. The Kier molecular flexibility index (Phi) is 29.0. The van der Waals surface area contributed by atoms with Crippen LogP contribution < -0.4 is 16.0 Å². The summed E-state index contributed by atoms with van der Waals surface area (Å²) in [4.78, 5) is 190. The van der Waals surface area contributed by atoms with Crippen LogP contribution in [0.4, 0.5) is 13.2 Å². The molecule has 8 atom stereocenters. The summed E-state index contributed by atoms with van der Waals surface area (Å²) in [5.41, 5.74) is -2.35. The number of likely N-dealkylation sites (N-methyl/N-ethyl adjacent to an activating group) is 7. The van der Waals surface area contributed by atoms with E-state index in [4.69, 9.17) is 16.3 Å². The van der Waals surface area contributed by atoms with Gasteiger partial charge in [0.2, 0.25) is 70.9 Å². The standard InChI is InChI=1S/C71H108ClF3N12O13/c1-11-22-52-62(92)77-60(45(3)12-2)67(97)81(6)43-58(90)79(4)44-59(91)83(8)54(40-46-23-15-13-16-24-46)65(95)80(5)42-56(88)76-51(31-29-47-28-30-49(50(72)39-47)71(73,74)75)64(94)87-34-21-27-53(87)63(93)78-70(32-19-20-33-70)69(99)85(10)61(48-25-17-14-18-26-48)68(98)84(9)55(41-57(89)82(52)7)66(96)86-35-37-100-38-36-86/h28,30,39,45-46,48,51-55,60-61H,11-27,29,31-38,40-44H2,1-10H3,(H,76,88)(H,77,92)(H,78,93)/t45-,51-,52-,53-,54-,55-,60-,61-/m0/s1. The maximum Gasteiger partial charge on any atom is 0.417 e. The van der Waals surface area contributed by atoms with Crippen LogP contribution in [0.3, 0.4) is 0 Å². The zero-order valence-electron chi connectivity index (χ0n) is 60.3. The van der Waals surface area contributed by atoms with E-state index in [0.29, 0.717) is 50.5 Å². The highest BCUT2D eigenvalue weighted by molar-refractivity contribution is 6.31. The minimum Gasteiger partial charge on any atom is -0.378 e. The van der Waals surface area contributed by atoms with Crippen molar-refractivity contribution in [3.8, 4) is 0 Å². The second-order valence-electron chi connectivity index (χ2n) is 28.9. The molecule has 3 heterocycles. The van der Waals surface area contributed by atoms with Gasteiger partial charge in [0.15, 0.2) is 0 Å². The molecule has 1 spiro atoms. The van der Waals surface area contributed by atoms with Gasteiger partial charge in [0, 0.05) is 69.0 Å². The molecule has 7 rings (SSSR count). The minimum absolute atomic E-state index is 0.0179. The predicted molar refractivity (Wildman–Crippen MR) is 366 cm³/mol. The van der Waals surface area contributed by atoms with Crippen LogP contribution in [-0.2, 0) is 74.9 Å². The number of carbonyl (C=O) groups excluding carboxylic acids is 12. The molecule has 12 amide bonds. The average Bonchev–Trinajstić information content (AvgIpc) is 1.37. The quantitative estimate of drug-likeness (QED) is 0.263. The number of rotatable bonds is 11. The first-order valence-corrected chi connectivity index (χ1v) is 36.5. The number of fused-ring (bicyclic) bond motifs is 1. The number of hydrogen-bond donors (Lipinski definition) is 3. The number of amides is 12. The van der Waals surface area contributed by atoms with Crippen molar-refractivity contribution in [2.75, 3.05) is 102 Å². The summed E-state index contributed by atoms with van der Waals surface area (Å²) in [6, 6.07) is -5.61. The molecule has 100 heavy (non-hydrogen) atoms. The summed E-state index contributed by atoms with van der Waals surface area (Å²) in [5, 5.41) is 8.14. The van der Waals surface area contributed by atoms with Gasteiger partial charge in [-0.05, 0) is 99.7 Å². The van der Waals surface area contributed by atoms with Crippen LogP contribution in [0.1, 0.15) is 173 Å². The third-order valence-electron chi connectivity index (χ3n) is 21.9. The number of ether oxygens (including phenoxy) is 1. The van der Waals surface area contributed by atoms with Gasteiger partial charge in [-0.3, -0.25) is 57.5 Å². The number of nitrogens with zero attached hydrogens (tertiary/aromatic N) is 9.